The molecule has 1 aliphatic heterocycles. The van der Waals surface area contributed by atoms with Crippen LogP contribution >= 0.6 is 0 Å². The van der Waals surface area contributed by atoms with Gasteiger partial charge in [0.25, 0.3) is 0 Å². The SMILES string of the molecule is C[C@H](OC(=O)N1C(C)(C)COC1(C)C)[C@H](Cc1ccccc1)N(Cc1ccccc1)Cc1ccccc1. The van der Waals surface area contributed by atoms with Crippen molar-refractivity contribution in [3.63, 3.8) is 0 Å². The third kappa shape index (κ3) is 6.79. The van der Waals surface area contributed by atoms with Crippen LogP contribution in [0.15, 0.2) is 91.0 Å². The minimum Gasteiger partial charge on any atom is -0.445 e. The van der Waals surface area contributed by atoms with E-state index in [1.807, 2.05) is 52.8 Å². The Hall–Kier alpha value is -3.15. The third-order valence-corrected chi connectivity index (χ3v) is 7.15. The van der Waals surface area contributed by atoms with Crippen molar-refractivity contribution in [2.24, 2.45) is 0 Å². The maximum atomic E-state index is 13.6. The summed E-state index contributed by atoms with van der Waals surface area (Å²) >= 11 is 0. The smallest absolute Gasteiger partial charge is 0.412 e. The standard InChI is InChI=1S/C32H40N2O3/c1-25(37-30(35)34-31(2,3)24-36-32(34,4)5)29(21-26-15-9-6-10-16-26)33(22-27-17-11-7-12-18-27)23-28-19-13-8-14-20-28/h6-20,25,29H,21-24H2,1-5H3/t25-,29-/m0/s1. The average molecular weight is 501 g/mol. The van der Waals surface area contributed by atoms with Crippen molar-refractivity contribution < 1.29 is 14.3 Å². The Morgan fingerprint density at radius 1 is 0.838 bits per heavy atom. The average Bonchev–Trinajstić information content (AvgIpc) is 3.10. The molecule has 5 nitrogen and oxygen atoms in total. The predicted octanol–water partition coefficient (Wildman–Crippen LogP) is 6.67. The summed E-state index contributed by atoms with van der Waals surface area (Å²) in [5, 5.41) is 0. The molecule has 5 heteroatoms. The van der Waals surface area contributed by atoms with Crippen LogP contribution in [-0.2, 0) is 29.0 Å². The fraction of sp³-hybridized carbons (Fsp3) is 0.406. The summed E-state index contributed by atoms with van der Waals surface area (Å²) in [6.45, 7) is 11.9. The van der Waals surface area contributed by atoms with Crippen LogP contribution in [-0.4, -0.2) is 45.9 Å². The van der Waals surface area contributed by atoms with Gasteiger partial charge < -0.3 is 9.47 Å². The molecule has 0 radical (unpaired) electrons. The largest absolute Gasteiger partial charge is 0.445 e. The highest BCUT2D eigenvalue weighted by Crippen LogP contribution is 2.35. The van der Waals surface area contributed by atoms with Crippen molar-refractivity contribution in [1.29, 1.82) is 0 Å². The lowest BCUT2D eigenvalue weighted by molar-refractivity contribution is -0.0651. The lowest BCUT2D eigenvalue weighted by Gasteiger charge is -2.40. The predicted molar refractivity (Wildman–Crippen MR) is 148 cm³/mol. The second-order valence-corrected chi connectivity index (χ2v) is 11.1. The highest BCUT2D eigenvalue weighted by molar-refractivity contribution is 5.70. The summed E-state index contributed by atoms with van der Waals surface area (Å²) in [5.74, 6) is 0. The topological polar surface area (TPSA) is 42.0 Å². The number of benzene rings is 3. The Balaban J connectivity index is 1.64. The van der Waals surface area contributed by atoms with Gasteiger partial charge in [-0.05, 0) is 57.7 Å². The maximum absolute atomic E-state index is 13.6. The van der Waals surface area contributed by atoms with Crippen LogP contribution in [0, 0.1) is 0 Å². The number of ether oxygens (including phenoxy) is 2. The van der Waals surface area contributed by atoms with Crippen molar-refractivity contribution in [2.45, 2.75) is 77.5 Å². The fourth-order valence-corrected chi connectivity index (χ4v) is 5.34. The molecule has 0 aromatic heterocycles. The van der Waals surface area contributed by atoms with Gasteiger partial charge in [0.2, 0.25) is 0 Å². The second kappa shape index (κ2) is 11.5. The van der Waals surface area contributed by atoms with Crippen molar-refractivity contribution in [3.05, 3.63) is 108 Å². The van der Waals surface area contributed by atoms with Crippen LogP contribution in [0.1, 0.15) is 51.3 Å². The van der Waals surface area contributed by atoms with Crippen LogP contribution in [0.4, 0.5) is 4.79 Å². The Bertz CT molecular complexity index is 1070. The molecule has 0 unspecified atom stereocenters. The Kier molecular flexibility index (Phi) is 8.35. The molecule has 1 heterocycles. The molecule has 1 aliphatic rings. The van der Waals surface area contributed by atoms with E-state index in [-0.39, 0.29) is 18.2 Å². The summed E-state index contributed by atoms with van der Waals surface area (Å²) in [6.07, 6.45) is 0.0721. The third-order valence-electron chi connectivity index (χ3n) is 7.15. The molecule has 3 aromatic carbocycles. The molecule has 0 saturated carbocycles. The zero-order valence-electron chi connectivity index (χ0n) is 22.8. The van der Waals surface area contributed by atoms with Gasteiger partial charge in [0, 0.05) is 13.1 Å². The molecule has 37 heavy (non-hydrogen) atoms. The summed E-state index contributed by atoms with van der Waals surface area (Å²) in [5.41, 5.74) is 2.51. The minimum atomic E-state index is -0.719. The molecule has 1 amide bonds. The van der Waals surface area contributed by atoms with E-state index in [1.165, 1.54) is 16.7 Å². The number of rotatable bonds is 9. The highest BCUT2D eigenvalue weighted by Gasteiger charge is 2.50. The number of hydrogen-bond acceptors (Lipinski definition) is 4. The Labute approximate surface area is 222 Å². The first-order valence-corrected chi connectivity index (χ1v) is 13.2. The van der Waals surface area contributed by atoms with Gasteiger partial charge >= 0.3 is 6.09 Å². The first kappa shape index (κ1) is 26.9. The number of amides is 1. The number of carbonyl (C=O) groups is 1. The minimum absolute atomic E-state index is 0.0403. The van der Waals surface area contributed by atoms with Gasteiger partial charge in [-0.1, -0.05) is 91.0 Å². The van der Waals surface area contributed by atoms with Gasteiger partial charge in [0.1, 0.15) is 11.8 Å². The van der Waals surface area contributed by atoms with Crippen molar-refractivity contribution >= 4 is 6.09 Å². The quantitative estimate of drug-likeness (QED) is 0.329. The summed E-state index contributed by atoms with van der Waals surface area (Å²) in [7, 11) is 0. The molecule has 3 aromatic rings. The van der Waals surface area contributed by atoms with E-state index in [1.54, 1.807) is 4.90 Å². The zero-order chi connectivity index (χ0) is 26.5. The number of carbonyl (C=O) groups excluding carboxylic acids is 1. The van der Waals surface area contributed by atoms with E-state index in [0.717, 1.165) is 19.5 Å². The second-order valence-electron chi connectivity index (χ2n) is 11.1. The van der Waals surface area contributed by atoms with Gasteiger partial charge in [0.15, 0.2) is 0 Å². The van der Waals surface area contributed by atoms with Crippen LogP contribution < -0.4 is 0 Å². The first-order chi connectivity index (χ1) is 17.7. The van der Waals surface area contributed by atoms with Crippen molar-refractivity contribution in [3.8, 4) is 0 Å². The molecular formula is C32H40N2O3. The van der Waals surface area contributed by atoms with E-state index in [9.17, 15) is 4.79 Å². The van der Waals surface area contributed by atoms with E-state index in [4.69, 9.17) is 9.47 Å². The molecule has 1 saturated heterocycles. The molecule has 0 spiro atoms. The molecular weight excluding hydrogens is 460 g/mol. The maximum Gasteiger partial charge on any atom is 0.412 e. The lowest BCUT2D eigenvalue weighted by Crippen LogP contribution is -2.55. The fourth-order valence-electron chi connectivity index (χ4n) is 5.34. The lowest BCUT2D eigenvalue weighted by atomic mass is 9.98. The summed E-state index contributed by atoms with van der Waals surface area (Å²) in [6, 6.07) is 31.4. The van der Waals surface area contributed by atoms with Crippen LogP contribution in [0.5, 0.6) is 0 Å². The van der Waals surface area contributed by atoms with Gasteiger partial charge in [-0.15, -0.1) is 0 Å². The van der Waals surface area contributed by atoms with Gasteiger partial charge in [-0.25, -0.2) is 4.79 Å². The first-order valence-electron chi connectivity index (χ1n) is 13.2. The molecule has 0 aliphatic carbocycles. The molecule has 196 valence electrons. The van der Waals surface area contributed by atoms with Gasteiger partial charge in [-0.2, -0.15) is 0 Å². The number of hydrogen-bond donors (Lipinski definition) is 0. The highest BCUT2D eigenvalue weighted by atomic mass is 16.6. The van der Waals surface area contributed by atoms with E-state index in [0.29, 0.717) is 6.61 Å². The van der Waals surface area contributed by atoms with Crippen LogP contribution in [0.2, 0.25) is 0 Å². The molecule has 1 fully saturated rings. The van der Waals surface area contributed by atoms with Crippen molar-refractivity contribution in [2.75, 3.05) is 6.61 Å². The van der Waals surface area contributed by atoms with E-state index < -0.39 is 11.3 Å². The van der Waals surface area contributed by atoms with Crippen LogP contribution in [0.25, 0.3) is 0 Å². The van der Waals surface area contributed by atoms with Gasteiger partial charge in [-0.3, -0.25) is 9.80 Å². The zero-order valence-corrected chi connectivity index (χ0v) is 22.8. The summed E-state index contributed by atoms with van der Waals surface area (Å²) in [4.78, 5) is 17.8. The normalized spacial score (nSPS) is 17.9. The summed E-state index contributed by atoms with van der Waals surface area (Å²) < 4.78 is 12.2. The molecule has 0 N–H and O–H groups in total. The molecule has 2 atom stereocenters. The molecule has 0 bridgehead atoms. The van der Waals surface area contributed by atoms with Crippen molar-refractivity contribution in [1.82, 2.24) is 9.80 Å². The number of nitrogens with zero attached hydrogens (tertiary/aromatic N) is 2. The van der Waals surface area contributed by atoms with E-state index >= 15 is 0 Å². The monoisotopic (exact) mass is 500 g/mol. The Morgan fingerprint density at radius 3 is 1.73 bits per heavy atom. The molecule has 4 rings (SSSR count). The van der Waals surface area contributed by atoms with E-state index in [2.05, 4.69) is 77.7 Å². The van der Waals surface area contributed by atoms with Gasteiger partial charge in [0.05, 0.1) is 18.2 Å². The van der Waals surface area contributed by atoms with Crippen LogP contribution in [0.3, 0.4) is 0 Å². The Morgan fingerprint density at radius 2 is 1.30 bits per heavy atom.